The van der Waals surface area contributed by atoms with Crippen LogP contribution in [0, 0.1) is 0 Å². The maximum atomic E-state index is 12.9. The molecule has 0 aromatic rings. The predicted octanol–water partition coefficient (Wildman–Crippen LogP) is 22.2. The minimum Gasteiger partial charge on any atom is -0.462 e. The third-order valence-electron chi connectivity index (χ3n) is 13.4. The highest BCUT2D eigenvalue weighted by Gasteiger charge is 2.19. The number of esters is 3. The SMILES string of the molecule is CC/C=C\C/C=C\C/C=C\C/C=C\C/C=C\C/C=C\C/C=C\CCCCCCCC(=O)OCC(COC(=O)CCCCCCC/C=C\C/C=C\C/C=C\CC)OC(=O)CCCCCCCCC/C=C\CCCCCCCCC. The Morgan fingerprint density at radius 3 is 0.795 bits per heavy atom. The van der Waals surface area contributed by atoms with Crippen LogP contribution in [0.4, 0.5) is 0 Å². The van der Waals surface area contributed by atoms with Gasteiger partial charge in [-0.2, -0.15) is 0 Å². The van der Waals surface area contributed by atoms with Gasteiger partial charge in [-0.25, -0.2) is 0 Å². The molecule has 0 bridgehead atoms. The van der Waals surface area contributed by atoms with Crippen LogP contribution in [-0.2, 0) is 28.6 Å². The lowest BCUT2D eigenvalue weighted by atomic mass is 10.1. The van der Waals surface area contributed by atoms with Gasteiger partial charge in [-0.15, -0.1) is 0 Å². The normalized spacial score (nSPS) is 13.0. The maximum Gasteiger partial charge on any atom is 0.306 e. The fourth-order valence-corrected chi connectivity index (χ4v) is 8.61. The summed E-state index contributed by atoms with van der Waals surface area (Å²) in [4.78, 5) is 38.3. The zero-order valence-electron chi connectivity index (χ0n) is 50.6. The Hall–Kier alpha value is -4.45. The van der Waals surface area contributed by atoms with Crippen molar-refractivity contribution >= 4 is 17.9 Å². The van der Waals surface area contributed by atoms with E-state index in [1.807, 2.05) is 0 Å². The molecule has 0 heterocycles. The molecule has 0 aliphatic rings. The molecule has 78 heavy (non-hydrogen) atoms. The molecule has 0 radical (unpaired) electrons. The van der Waals surface area contributed by atoms with E-state index in [4.69, 9.17) is 14.2 Å². The Balaban J connectivity index is 4.43. The van der Waals surface area contributed by atoms with Crippen LogP contribution in [0.25, 0.3) is 0 Å². The van der Waals surface area contributed by atoms with Crippen LogP contribution in [0.5, 0.6) is 0 Å². The first-order chi connectivity index (χ1) is 38.5. The van der Waals surface area contributed by atoms with E-state index < -0.39 is 6.10 Å². The number of hydrogen-bond donors (Lipinski definition) is 0. The molecule has 6 heteroatoms. The molecule has 0 aliphatic carbocycles. The molecular weight excluding hydrogens is 961 g/mol. The average Bonchev–Trinajstić information content (AvgIpc) is 3.44. The number of allylic oxidation sites excluding steroid dienone is 22. The van der Waals surface area contributed by atoms with Crippen molar-refractivity contribution in [3.8, 4) is 0 Å². The van der Waals surface area contributed by atoms with Crippen LogP contribution < -0.4 is 0 Å². The molecule has 0 rings (SSSR count). The van der Waals surface area contributed by atoms with Crippen LogP contribution in [0.2, 0.25) is 0 Å². The summed E-state index contributed by atoms with van der Waals surface area (Å²) in [6, 6.07) is 0. The van der Waals surface area contributed by atoms with E-state index in [-0.39, 0.29) is 31.1 Å². The fraction of sp³-hybridized carbons (Fsp3) is 0.653. The largest absolute Gasteiger partial charge is 0.462 e. The van der Waals surface area contributed by atoms with Gasteiger partial charge in [0.2, 0.25) is 0 Å². The van der Waals surface area contributed by atoms with E-state index in [0.29, 0.717) is 19.3 Å². The van der Waals surface area contributed by atoms with Gasteiger partial charge in [-0.05, 0) is 135 Å². The number of carbonyl (C=O) groups is 3. The second kappa shape index (κ2) is 65.1. The number of hydrogen-bond acceptors (Lipinski definition) is 6. The van der Waals surface area contributed by atoms with Crippen LogP contribution in [0.15, 0.2) is 134 Å². The van der Waals surface area contributed by atoms with Crippen molar-refractivity contribution in [2.75, 3.05) is 13.2 Å². The molecule has 0 spiro atoms. The second-order valence-corrected chi connectivity index (χ2v) is 20.9. The lowest BCUT2D eigenvalue weighted by Crippen LogP contribution is -2.30. The number of carbonyl (C=O) groups excluding carboxylic acids is 3. The number of ether oxygens (including phenoxy) is 3. The van der Waals surface area contributed by atoms with Crippen molar-refractivity contribution in [3.63, 3.8) is 0 Å². The molecule has 0 aromatic carbocycles. The zero-order valence-corrected chi connectivity index (χ0v) is 50.6. The summed E-state index contributed by atoms with van der Waals surface area (Å²) in [6.45, 7) is 6.39. The third kappa shape index (κ3) is 62.4. The van der Waals surface area contributed by atoms with Gasteiger partial charge in [0.15, 0.2) is 6.10 Å². The molecule has 6 nitrogen and oxygen atoms in total. The molecule has 0 fully saturated rings. The summed E-state index contributed by atoms with van der Waals surface area (Å²) in [6.07, 6.45) is 91.6. The van der Waals surface area contributed by atoms with Gasteiger partial charge in [0.25, 0.3) is 0 Å². The average molecular weight is 1080 g/mol. The van der Waals surface area contributed by atoms with Crippen LogP contribution in [0.1, 0.15) is 284 Å². The molecule has 0 saturated heterocycles. The van der Waals surface area contributed by atoms with E-state index in [9.17, 15) is 14.4 Å². The third-order valence-corrected chi connectivity index (χ3v) is 13.4. The highest BCUT2D eigenvalue weighted by atomic mass is 16.6. The van der Waals surface area contributed by atoms with Crippen LogP contribution in [-0.4, -0.2) is 37.2 Å². The maximum absolute atomic E-state index is 12.9. The summed E-state index contributed by atoms with van der Waals surface area (Å²) < 4.78 is 16.9. The van der Waals surface area contributed by atoms with Gasteiger partial charge in [0.1, 0.15) is 13.2 Å². The Morgan fingerprint density at radius 2 is 0.500 bits per heavy atom. The lowest BCUT2D eigenvalue weighted by Gasteiger charge is -2.18. The van der Waals surface area contributed by atoms with Gasteiger partial charge in [-0.3, -0.25) is 14.4 Å². The minimum atomic E-state index is -0.802. The smallest absolute Gasteiger partial charge is 0.306 e. The van der Waals surface area contributed by atoms with E-state index in [2.05, 4.69) is 154 Å². The number of unbranched alkanes of at least 4 members (excludes halogenated alkanes) is 24. The molecule has 0 aromatic heterocycles. The van der Waals surface area contributed by atoms with E-state index >= 15 is 0 Å². The highest BCUT2D eigenvalue weighted by molar-refractivity contribution is 5.71. The summed E-state index contributed by atoms with van der Waals surface area (Å²) in [5.74, 6) is -0.935. The Bertz CT molecular complexity index is 1670. The molecular formula is C72H118O6. The highest BCUT2D eigenvalue weighted by Crippen LogP contribution is 2.15. The van der Waals surface area contributed by atoms with Gasteiger partial charge < -0.3 is 14.2 Å². The van der Waals surface area contributed by atoms with Crippen molar-refractivity contribution < 1.29 is 28.6 Å². The Labute approximate surface area is 481 Å². The van der Waals surface area contributed by atoms with Crippen molar-refractivity contribution in [1.82, 2.24) is 0 Å². The predicted molar refractivity (Wildman–Crippen MR) is 339 cm³/mol. The molecule has 1 unspecified atom stereocenters. The fourth-order valence-electron chi connectivity index (χ4n) is 8.61. The standard InChI is InChI=1S/C72H118O6/c1-4-7-10-13-16-19-22-25-28-30-32-33-34-35-36-37-38-39-40-42-44-47-50-53-56-59-62-65-71(74)77-68-69(67-76-70(73)64-61-58-55-52-49-46-43-27-24-21-18-15-12-9-6-3)78-72(75)66-63-60-57-54-51-48-45-41-31-29-26-23-20-17-14-11-8-5-2/h7,9-10,12,16,18-19,21,25,27-29,31-33,35-36,38-39,42-44,69H,4-6,8,11,13-15,17,20,22-24,26,30,34,37,40-41,45-68H2,1-3H3/b10-7-,12-9-,19-16-,21-18-,28-25-,31-29-,33-32-,36-35-,39-38-,43-27-,44-42-. The first-order valence-electron chi connectivity index (χ1n) is 32.2. The Kier molecular flexibility index (Phi) is 61.4. The monoisotopic (exact) mass is 1080 g/mol. The van der Waals surface area contributed by atoms with Crippen molar-refractivity contribution in [3.05, 3.63) is 134 Å². The topological polar surface area (TPSA) is 78.9 Å². The summed E-state index contributed by atoms with van der Waals surface area (Å²) in [5.41, 5.74) is 0. The molecule has 0 N–H and O–H groups in total. The second-order valence-electron chi connectivity index (χ2n) is 20.9. The van der Waals surface area contributed by atoms with Gasteiger partial charge >= 0.3 is 17.9 Å². The van der Waals surface area contributed by atoms with Gasteiger partial charge in [0, 0.05) is 19.3 Å². The summed E-state index contributed by atoms with van der Waals surface area (Å²) >= 11 is 0. The minimum absolute atomic E-state index is 0.0982. The molecule has 442 valence electrons. The van der Waals surface area contributed by atoms with Gasteiger partial charge in [0.05, 0.1) is 0 Å². The number of rotatable bonds is 57. The lowest BCUT2D eigenvalue weighted by molar-refractivity contribution is -0.167. The molecule has 1 atom stereocenters. The summed E-state index contributed by atoms with van der Waals surface area (Å²) in [7, 11) is 0. The molecule has 0 amide bonds. The van der Waals surface area contributed by atoms with Crippen molar-refractivity contribution in [1.29, 1.82) is 0 Å². The van der Waals surface area contributed by atoms with E-state index in [1.165, 1.54) is 83.5 Å². The van der Waals surface area contributed by atoms with Crippen molar-refractivity contribution in [2.45, 2.75) is 290 Å². The first kappa shape index (κ1) is 73.5. The van der Waals surface area contributed by atoms with Gasteiger partial charge in [-0.1, -0.05) is 264 Å². The van der Waals surface area contributed by atoms with E-state index in [0.717, 1.165) is 161 Å². The first-order valence-corrected chi connectivity index (χ1v) is 32.2. The quantitative estimate of drug-likeness (QED) is 0.0261. The van der Waals surface area contributed by atoms with Crippen LogP contribution >= 0.6 is 0 Å². The summed E-state index contributed by atoms with van der Waals surface area (Å²) in [5, 5.41) is 0. The van der Waals surface area contributed by atoms with Crippen molar-refractivity contribution in [2.24, 2.45) is 0 Å². The van der Waals surface area contributed by atoms with E-state index in [1.54, 1.807) is 0 Å². The molecule has 0 aliphatic heterocycles. The van der Waals surface area contributed by atoms with Crippen LogP contribution in [0.3, 0.4) is 0 Å². The molecule has 0 saturated carbocycles. The Morgan fingerprint density at radius 1 is 0.269 bits per heavy atom. The zero-order chi connectivity index (χ0) is 56.4.